The van der Waals surface area contributed by atoms with E-state index >= 15 is 0 Å². The van der Waals surface area contributed by atoms with Crippen molar-refractivity contribution in [2.75, 3.05) is 0 Å². The van der Waals surface area contributed by atoms with Gasteiger partial charge in [-0.1, -0.05) is 0 Å². The van der Waals surface area contributed by atoms with Gasteiger partial charge in [0.2, 0.25) is 0 Å². The molecule has 0 bridgehead atoms. The molecule has 14 heavy (non-hydrogen) atoms. The Morgan fingerprint density at radius 3 is 2.64 bits per heavy atom. The van der Waals surface area contributed by atoms with E-state index in [9.17, 15) is 8.78 Å². The molecule has 0 saturated heterocycles. The molecule has 0 radical (unpaired) electrons. The zero-order valence-corrected chi connectivity index (χ0v) is 9.89. The van der Waals surface area contributed by atoms with E-state index in [4.69, 9.17) is 16.7 Å². The third-order valence-corrected chi connectivity index (χ3v) is 2.91. The van der Waals surface area contributed by atoms with Gasteiger partial charge in [0, 0.05) is 11.4 Å². The number of alkyl halides is 3. The van der Waals surface area contributed by atoms with Crippen LogP contribution < -0.4 is 0 Å². The molecule has 0 fully saturated rings. The second-order valence-corrected chi connectivity index (χ2v) is 3.86. The van der Waals surface area contributed by atoms with Crippen LogP contribution in [0.15, 0.2) is 6.07 Å². The number of hydrogen-bond acceptors (Lipinski definition) is 2. The molecule has 6 heteroatoms. The fourth-order valence-electron chi connectivity index (χ4n) is 0.995. The van der Waals surface area contributed by atoms with Crippen molar-refractivity contribution in [1.29, 1.82) is 0 Å². The van der Waals surface area contributed by atoms with Crippen molar-refractivity contribution < 1.29 is 13.9 Å². The lowest BCUT2D eigenvalue weighted by atomic mass is 10.1. The third-order valence-electron chi connectivity index (χ3n) is 1.69. The smallest absolute Gasteiger partial charge is 0.265 e. The molecule has 1 aromatic rings. The van der Waals surface area contributed by atoms with E-state index < -0.39 is 13.0 Å². The Balaban J connectivity index is 3.25. The van der Waals surface area contributed by atoms with E-state index in [1.807, 2.05) is 22.6 Å². The molecular weight excluding hydrogens is 326 g/mol. The van der Waals surface area contributed by atoms with Crippen LogP contribution in [0.1, 0.15) is 23.2 Å². The van der Waals surface area contributed by atoms with Crippen LogP contribution in [0, 0.1) is 3.70 Å². The Hall–Kier alpha value is -0.0100. The predicted octanol–water partition coefficient (Wildman–Crippen LogP) is 2.85. The minimum Gasteiger partial charge on any atom is -0.390 e. The summed E-state index contributed by atoms with van der Waals surface area (Å²) in [5.74, 6) is 0.136. The topological polar surface area (TPSA) is 33.1 Å². The molecule has 0 unspecified atom stereocenters. The number of halogens is 4. The molecule has 1 heterocycles. The molecule has 2 nitrogen and oxygen atoms in total. The van der Waals surface area contributed by atoms with Crippen LogP contribution in [-0.4, -0.2) is 10.1 Å². The average molecular weight is 334 g/mol. The lowest BCUT2D eigenvalue weighted by Gasteiger charge is -2.08. The summed E-state index contributed by atoms with van der Waals surface area (Å²) in [7, 11) is 0. The molecule has 1 aromatic heterocycles. The number of hydrogen-bond donors (Lipinski definition) is 1. The molecule has 1 rings (SSSR count). The van der Waals surface area contributed by atoms with E-state index in [-0.39, 0.29) is 17.1 Å². The molecule has 0 aliphatic rings. The number of aliphatic hydroxyl groups is 1. The van der Waals surface area contributed by atoms with Crippen LogP contribution >= 0.6 is 34.2 Å². The van der Waals surface area contributed by atoms with Gasteiger partial charge in [-0.3, -0.25) is 0 Å². The van der Waals surface area contributed by atoms with Crippen LogP contribution in [0.2, 0.25) is 0 Å². The summed E-state index contributed by atoms with van der Waals surface area (Å²) >= 11 is 7.45. The molecule has 0 spiro atoms. The molecule has 0 amide bonds. The lowest BCUT2D eigenvalue weighted by molar-refractivity contribution is 0.146. The maximum Gasteiger partial charge on any atom is 0.265 e. The Bertz CT molecular complexity index is 335. The highest BCUT2D eigenvalue weighted by molar-refractivity contribution is 14.1. The van der Waals surface area contributed by atoms with Gasteiger partial charge in [0.1, 0.15) is 3.70 Å². The van der Waals surface area contributed by atoms with Crippen LogP contribution in [0.3, 0.4) is 0 Å². The Labute approximate surface area is 98.4 Å². The summed E-state index contributed by atoms with van der Waals surface area (Å²) in [6.45, 7) is -0.488. The van der Waals surface area contributed by atoms with Crippen molar-refractivity contribution in [2.24, 2.45) is 0 Å². The van der Waals surface area contributed by atoms with Gasteiger partial charge in [0.25, 0.3) is 6.43 Å². The van der Waals surface area contributed by atoms with Crippen molar-refractivity contribution in [3.8, 4) is 0 Å². The third kappa shape index (κ3) is 2.52. The van der Waals surface area contributed by atoms with Crippen LogP contribution in [0.5, 0.6) is 0 Å². The second-order valence-electron chi connectivity index (χ2n) is 2.57. The second kappa shape index (κ2) is 5.18. The van der Waals surface area contributed by atoms with Crippen molar-refractivity contribution in [3.63, 3.8) is 0 Å². The van der Waals surface area contributed by atoms with Crippen LogP contribution in [0.25, 0.3) is 0 Å². The number of aromatic nitrogens is 1. The number of rotatable bonds is 3. The summed E-state index contributed by atoms with van der Waals surface area (Å²) in [6.07, 6.45) is -2.64. The van der Waals surface area contributed by atoms with Gasteiger partial charge in [-0.15, -0.1) is 11.6 Å². The first-order valence-corrected chi connectivity index (χ1v) is 5.34. The summed E-state index contributed by atoms with van der Waals surface area (Å²) in [6, 6.07) is 1.29. The number of pyridine rings is 1. The molecule has 0 aliphatic carbocycles. The maximum absolute atomic E-state index is 12.5. The molecule has 0 saturated carbocycles. The monoisotopic (exact) mass is 333 g/mol. The first-order chi connectivity index (χ1) is 6.60. The SMILES string of the molecule is OCc1nc(I)c(CCl)cc1C(F)F. The van der Waals surface area contributed by atoms with Crippen molar-refractivity contribution in [3.05, 3.63) is 26.6 Å². The minimum absolute atomic E-state index is 0.0123. The summed E-state index contributed by atoms with van der Waals surface area (Å²) in [4.78, 5) is 3.86. The van der Waals surface area contributed by atoms with Gasteiger partial charge in [-0.2, -0.15) is 0 Å². The molecule has 0 atom stereocenters. The van der Waals surface area contributed by atoms with E-state index in [2.05, 4.69) is 4.98 Å². The fourth-order valence-corrected chi connectivity index (χ4v) is 2.06. The molecule has 0 aliphatic heterocycles. The molecule has 1 N–H and O–H groups in total. The summed E-state index contributed by atoms with van der Waals surface area (Å²) in [5, 5.41) is 8.82. The Morgan fingerprint density at radius 1 is 1.57 bits per heavy atom. The van der Waals surface area contributed by atoms with E-state index in [1.165, 1.54) is 6.07 Å². The summed E-state index contributed by atoms with van der Waals surface area (Å²) < 4.78 is 25.5. The van der Waals surface area contributed by atoms with E-state index in [1.54, 1.807) is 0 Å². The average Bonchev–Trinajstić information content (AvgIpc) is 2.16. The lowest BCUT2D eigenvalue weighted by Crippen LogP contribution is -2.03. The number of aliphatic hydroxyl groups excluding tert-OH is 1. The fraction of sp³-hybridized carbons (Fsp3) is 0.375. The van der Waals surface area contributed by atoms with Crippen molar-refractivity contribution in [2.45, 2.75) is 18.9 Å². The normalized spacial score (nSPS) is 11.0. The van der Waals surface area contributed by atoms with Gasteiger partial charge < -0.3 is 5.11 Å². The highest BCUT2D eigenvalue weighted by Crippen LogP contribution is 2.25. The van der Waals surface area contributed by atoms with Gasteiger partial charge in [-0.05, 0) is 34.2 Å². The first-order valence-electron chi connectivity index (χ1n) is 3.73. The Morgan fingerprint density at radius 2 is 2.21 bits per heavy atom. The standard InChI is InChI=1S/C8H7ClF2INO/c9-2-4-1-5(7(10)11)6(3-14)13-8(4)12/h1,7,14H,2-3H2. The molecule has 0 aromatic carbocycles. The Kier molecular flexibility index (Phi) is 4.46. The van der Waals surface area contributed by atoms with Gasteiger partial charge in [-0.25, -0.2) is 13.8 Å². The van der Waals surface area contributed by atoms with Crippen LogP contribution in [-0.2, 0) is 12.5 Å². The number of nitrogens with zero attached hydrogens (tertiary/aromatic N) is 1. The van der Waals surface area contributed by atoms with Crippen LogP contribution in [0.4, 0.5) is 8.78 Å². The van der Waals surface area contributed by atoms with E-state index in [0.29, 0.717) is 9.26 Å². The predicted molar refractivity (Wildman–Crippen MR) is 57.4 cm³/mol. The zero-order chi connectivity index (χ0) is 10.7. The van der Waals surface area contributed by atoms with Gasteiger partial charge >= 0.3 is 0 Å². The highest BCUT2D eigenvalue weighted by Gasteiger charge is 2.16. The quantitative estimate of drug-likeness (QED) is 0.524. The highest BCUT2D eigenvalue weighted by atomic mass is 127. The minimum atomic E-state index is -2.64. The van der Waals surface area contributed by atoms with Gasteiger partial charge in [0.15, 0.2) is 0 Å². The van der Waals surface area contributed by atoms with Crippen molar-refractivity contribution >= 4 is 34.2 Å². The van der Waals surface area contributed by atoms with Gasteiger partial charge in [0.05, 0.1) is 12.3 Å². The van der Waals surface area contributed by atoms with Crippen molar-refractivity contribution in [1.82, 2.24) is 4.98 Å². The zero-order valence-electron chi connectivity index (χ0n) is 6.98. The first kappa shape index (κ1) is 12.1. The molecule has 78 valence electrons. The largest absolute Gasteiger partial charge is 0.390 e. The maximum atomic E-state index is 12.5. The summed E-state index contributed by atoms with van der Waals surface area (Å²) in [5.41, 5.74) is 0.321. The van der Waals surface area contributed by atoms with E-state index in [0.717, 1.165) is 0 Å². The molecular formula is C8H7ClF2INO.